The summed E-state index contributed by atoms with van der Waals surface area (Å²) < 4.78 is 10.8. The van der Waals surface area contributed by atoms with Crippen LogP contribution in [0.3, 0.4) is 0 Å². The van der Waals surface area contributed by atoms with E-state index in [1.807, 2.05) is 29.2 Å². The third-order valence-corrected chi connectivity index (χ3v) is 5.67. The van der Waals surface area contributed by atoms with Gasteiger partial charge in [0.15, 0.2) is 0 Å². The molecule has 3 fully saturated rings. The third kappa shape index (κ3) is 4.25. The quantitative estimate of drug-likeness (QED) is 0.866. The molecule has 0 aliphatic carbocycles. The lowest BCUT2D eigenvalue weighted by molar-refractivity contribution is -0.131. The first-order valence-electron chi connectivity index (χ1n) is 9.81. The Hall–Kier alpha value is -2.12. The first-order chi connectivity index (χ1) is 13.2. The minimum atomic E-state index is -0.278. The standard InChI is InChI=1S/C20H27N3O4/c24-19-13-15(14-23(19)18-5-9-26-10-6-18)20(25)21-16-1-3-17(4-2-16)22-7-11-27-12-8-22/h1-4,15,18H,5-14H2,(H,21,25). The molecule has 1 atom stereocenters. The van der Waals surface area contributed by atoms with Gasteiger partial charge in [0.2, 0.25) is 11.8 Å². The molecule has 1 aromatic carbocycles. The predicted octanol–water partition coefficient (Wildman–Crippen LogP) is 1.49. The molecule has 0 bridgehead atoms. The van der Waals surface area contributed by atoms with Crippen LogP contribution >= 0.6 is 0 Å². The highest BCUT2D eigenvalue weighted by Gasteiger charge is 2.38. The molecule has 0 spiro atoms. The summed E-state index contributed by atoms with van der Waals surface area (Å²) in [5.74, 6) is -0.263. The average Bonchev–Trinajstić information content (AvgIpc) is 3.12. The number of anilines is 2. The Bertz CT molecular complexity index is 666. The number of amides is 2. The molecule has 7 nitrogen and oxygen atoms in total. The summed E-state index contributed by atoms with van der Waals surface area (Å²) in [5.41, 5.74) is 1.91. The van der Waals surface area contributed by atoms with E-state index in [1.165, 1.54) is 0 Å². The molecule has 4 rings (SSSR count). The maximum atomic E-state index is 12.6. The number of nitrogens with zero attached hydrogens (tertiary/aromatic N) is 2. The van der Waals surface area contributed by atoms with Gasteiger partial charge in [0, 0.05) is 56.7 Å². The normalized spacial score (nSPS) is 24.3. The maximum Gasteiger partial charge on any atom is 0.229 e. The summed E-state index contributed by atoms with van der Waals surface area (Å²) in [7, 11) is 0. The van der Waals surface area contributed by atoms with E-state index in [4.69, 9.17) is 9.47 Å². The van der Waals surface area contributed by atoms with Gasteiger partial charge in [0.05, 0.1) is 19.1 Å². The Kier molecular flexibility index (Phi) is 5.59. The summed E-state index contributed by atoms with van der Waals surface area (Å²) >= 11 is 0. The van der Waals surface area contributed by atoms with E-state index in [0.29, 0.717) is 26.2 Å². The number of morpholine rings is 1. The first-order valence-corrected chi connectivity index (χ1v) is 9.81. The van der Waals surface area contributed by atoms with Gasteiger partial charge in [-0.2, -0.15) is 0 Å². The number of benzene rings is 1. The van der Waals surface area contributed by atoms with Gasteiger partial charge in [-0.3, -0.25) is 9.59 Å². The number of rotatable bonds is 4. The molecule has 0 radical (unpaired) electrons. The number of likely N-dealkylation sites (tertiary alicyclic amines) is 1. The lowest BCUT2D eigenvalue weighted by Crippen LogP contribution is -2.41. The van der Waals surface area contributed by atoms with Gasteiger partial charge in [0.1, 0.15) is 0 Å². The Balaban J connectivity index is 1.33. The van der Waals surface area contributed by atoms with Crippen molar-refractivity contribution in [1.82, 2.24) is 4.90 Å². The van der Waals surface area contributed by atoms with Crippen LogP contribution in [0.1, 0.15) is 19.3 Å². The second-order valence-electron chi connectivity index (χ2n) is 7.43. The fourth-order valence-electron chi connectivity index (χ4n) is 4.08. The SMILES string of the molecule is O=C(Nc1ccc(N2CCOCC2)cc1)C1CC(=O)N(C2CCOCC2)C1. The Morgan fingerprint density at radius 3 is 2.37 bits per heavy atom. The minimum absolute atomic E-state index is 0.0722. The Morgan fingerprint density at radius 2 is 1.67 bits per heavy atom. The number of nitrogens with one attached hydrogen (secondary N) is 1. The van der Waals surface area contributed by atoms with Gasteiger partial charge in [-0.1, -0.05) is 0 Å². The van der Waals surface area contributed by atoms with Crippen molar-refractivity contribution in [2.45, 2.75) is 25.3 Å². The smallest absolute Gasteiger partial charge is 0.229 e. The van der Waals surface area contributed by atoms with Crippen molar-refractivity contribution in [3.8, 4) is 0 Å². The minimum Gasteiger partial charge on any atom is -0.381 e. The fourth-order valence-corrected chi connectivity index (χ4v) is 4.08. The highest BCUT2D eigenvalue weighted by atomic mass is 16.5. The van der Waals surface area contributed by atoms with Gasteiger partial charge in [-0.25, -0.2) is 0 Å². The molecular weight excluding hydrogens is 346 g/mol. The zero-order valence-corrected chi connectivity index (χ0v) is 15.6. The van der Waals surface area contributed by atoms with Crippen molar-refractivity contribution >= 4 is 23.2 Å². The summed E-state index contributed by atoms with van der Waals surface area (Å²) in [5, 5.41) is 2.97. The summed E-state index contributed by atoms with van der Waals surface area (Å²) in [4.78, 5) is 29.1. The molecule has 3 heterocycles. The number of hydrogen-bond acceptors (Lipinski definition) is 5. The van der Waals surface area contributed by atoms with E-state index < -0.39 is 0 Å². The van der Waals surface area contributed by atoms with Crippen molar-refractivity contribution in [3.63, 3.8) is 0 Å². The molecule has 1 aromatic rings. The number of carbonyl (C=O) groups excluding carboxylic acids is 2. The topological polar surface area (TPSA) is 71.1 Å². The molecule has 0 saturated carbocycles. The molecule has 3 aliphatic heterocycles. The van der Waals surface area contributed by atoms with Crippen LogP contribution in [-0.2, 0) is 19.1 Å². The van der Waals surface area contributed by atoms with E-state index in [-0.39, 0.29) is 23.8 Å². The van der Waals surface area contributed by atoms with Crippen LogP contribution in [0.2, 0.25) is 0 Å². The van der Waals surface area contributed by atoms with Crippen LogP contribution in [-0.4, -0.2) is 68.8 Å². The zero-order chi connectivity index (χ0) is 18.6. The number of carbonyl (C=O) groups is 2. The predicted molar refractivity (Wildman–Crippen MR) is 102 cm³/mol. The molecule has 2 amide bonds. The van der Waals surface area contributed by atoms with Gasteiger partial charge in [-0.15, -0.1) is 0 Å². The third-order valence-electron chi connectivity index (χ3n) is 5.67. The monoisotopic (exact) mass is 373 g/mol. The van der Waals surface area contributed by atoms with Crippen LogP contribution in [0.25, 0.3) is 0 Å². The van der Waals surface area contributed by atoms with E-state index in [9.17, 15) is 9.59 Å². The average molecular weight is 373 g/mol. The second kappa shape index (κ2) is 8.27. The van der Waals surface area contributed by atoms with Crippen molar-refractivity contribution in [3.05, 3.63) is 24.3 Å². The molecular formula is C20H27N3O4. The van der Waals surface area contributed by atoms with Gasteiger partial charge in [-0.05, 0) is 37.1 Å². The van der Waals surface area contributed by atoms with Crippen molar-refractivity contribution in [2.24, 2.45) is 5.92 Å². The molecule has 0 aromatic heterocycles. The molecule has 146 valence electrons. The lowest BCUT2D eigenvalue weighted by atomic mass is 10.1. The highest BCUT2D eigenvalue weighted by Crippen LogP contribution is 2.26. The number of hydrogen-bond donors (Lipinski definition) is 1. The second-order valence-corrected chi connectivity index (χ2v) is 7.43. The Labute approximate surface area is 159 Å². The van der Waals surface area contributed by atoms with E-state index in [2.05, 4.69) is 10.2 Å². The first kappa shape index (κ1) is 18.3. The maximum absolute atomic E-state index is 12.6. The Morgan fingerprint density at radius 1 is 1.00 bits per heavy atom. The molecule has 1 unspecified atom stereocenters. The van der Waals surface area contributed by atoms with Gasteiger partial charge < -0.3 is 24.6 Å². The van der Waals surface area contributed by atoms with E-state index in [0.717, 1.165) is 50.5 Å². The van der Waals surface area contributed by atoms with Crippen LogP contribution in [0, 0.1) is 5.92 Å². The lowest BCUT2D eigenvalue weighted by Gasteiger charge is -2.31. The molecule has 7 heteroatoms. The van der Waals surface area contributed by atoms with Crippen LogP contribution in [0.4, 0.5) is 11.4 Å². The summed E-state index contributed by atoms with van der Waals surface area (Å²) in [6, 6.07) is 8.12. The molecule has 1 N–H and O–H groups in total. The highest BCUT2D eigenvalue weighted by molar-refractivity contribution is 5.97. The van der Waals surface area contributed by atoms with Crippen LogP contribution < -0.4 is 10.2 Å². The molecule has 3 aliphatic rings. The van der Waals surface area contributed by atoms with Gasteiger partial charge >= 0.3 is 0 Å². The van der Waals surface area contributed by atoms with E-state index >= 15 is 0 Å². The summed E-state index contributed by atoms with van der Waals surface area (Å²) in [6.07, 6.45) is 2.03. The zero-order valence-electron chi connectivity index (χ0n) is 15.6. The van der Waals surface area contributed by atoms with Crippen LogP contribution in [0.5, 0.6) is 0 Å². The van der Waals surface area contributed by atoms with Crippen molar-refractivity contribution < 1.29 is 19.1 Å². The van der Waals surface area contributed by atoms with E-state index in [1.54, 1.807) is 0 Å². The molecule has 27 heavy (non-hydrogen) atoms. The van der Waals surface area contributed by atoms with Gasteiger partial charge in [0.25, 0.3) is 0 Å². The van der Waals surface area contributed by atoms with Crippen LogP contribution in [0.15, 0.2) is 24.3 Å². The molecule has 3 saturated heterocycles. The van der Waals surface area contributed by atoms with Crippen molar-refractivity contribution in [1.29, 1.82) is 0 Å². The largest absolute Gasteiger partial charge is 0.381 e. The fraction of sp³-hybridized carbons (Fsp3) is 0.600. The van der Waals surface area contributed by atoms with Crippen molar-refractivity contribution in [2.75, 3.05) is 56.3 Å². The summed E-state index contributed by atoms with van der Waals surface area (Å²) in [6.45, 7) is 5.17. The number of ether oxygens (including phenoxy) is 2.